The summed E-state index contributed by atoms with van der Waals surface area (Å²) in [5.74, 6) is -1.51. The van der Waals surface area contributed by atoms with Crippen LogP contribution < -0.4 is 5.32 Å². The van der Waals surface area contributed by atoms with Crippen LogP contribution in [0.15, 0.2) is 36.4 Å². The quantitative estimate of drug-likeness (QED) is 0.859. The van der Waals surface area contributed by atoms with Crippen molar-refractivity contribution in [3.63, 3.8) is 0 Å². The average Bonchev–Trinajstić information content (AvgIpc) is 2.79. The van der Waals surface area contributed by atoms with Gasteiger partial charge in [-0.1, -0.05) is 30.3 Å². The number of rotatable bonds is 4. The number of nitrogens with one attached hydrogen (secondary N) is 1. The first kappa shape index (κ1) is 12.8. The Balaban J connectivity index is 2.04. The smallest absolute Gasteiger partial charge is 0.354 e. The molecular weight excluding hydrogens is 246 g/mol. The highest BCUT2D eigenvalue weighted by molar-refractivity contribution is 5.95. The van der Waals surface area contributed by atoms with Crippen LogP contribution in [0.1, 0.15) is 26.5 Å². The molecule has 6 nitrogen and oxygen atoms in total. The number of hydrogen-bond acceptors (Lipinski definition) is 3. The lowest BCUT2D eigenvalue weighted by molar-refractivity contribution is 0.0684. The maximum absolute atomic E-state index is 11.8. The normalized spacial score (nSPS) is 10.2. The number of carboxylic acid groups (broad SMARTS) is 1. The van der Waals surface area contributed by atoms with Gasteiger partial charge in [0.25, 0.3) is 5.91 Å². The van der Waals surface area contributed by atoms with E-state index in [1.54, 1.807) is 0 Å². The van der Waals surface area contributed by atoms with E-state index in [0.717, 1.165) is 5.56 Å². The van der Waals surface area contributed by atoms with Crippen LogP contribution in [-0.4, -0.2) is 26.8 Å². The summed E-state index contributed by atoms with van der Waals surface area (Å²) in [6, 6.07) is 10.7. The van der Waals surface area contributed by atoms with Gasteiger partial charge in [0.1, 0.15) is 5.69 Å². The summed E-state index contributed by atoms with van der Waals surface area (Å²) < 4.78 is 1.17. The van der Waals surface area contributed by atoms with Gasteiger partial charge in [-0.3, -0.25) is 9.48 Å². The minimum absolute atomic E-state index is 0.0233. The van der Waals surface area contributed by atoms with E-state index in [4.69, 9.17) is 5.11 Å². The summed E-state index contributed by atoms with van der Waals surface area (Å²) in [5.41, 5.74) is 1.03. The molecule has 0 fully saturated rings. The largest absolute Gasteiger partial charge is 0.477 e. The van der Waals surface area contributed by atoms with Crippen molar-refractivity contribution in [3.8, 4) is 0 Å². The third-order valence-corrected chi connectivity index (χ3v) is 2.63. The summed E-state index contributed by atoms with van der Waals surface area (Å²) in [6.45, 7) is 0.374. The number of aryl methyl sites for hydroxylation is 1. The Morgan fingerprint density at radius 3 is 2.58 bits per heavy atom. The van der Waals surface area contributed by atoms with Crippen molar-refractivity contribution < 1.29 is 14.7 Å². The van der Waals surface area contributed by atoms with Crippen molar-refractivity contribution in [1.82, 2.24) is 15.1 Å². The maximum atomic E-state index is 11.8. The van der Waals surface area contributed by atoms with E-state index in [0.29, 0.717) is 6.54 Å². The molecule has 2 N–H and O–H groups in total. The van der Waals surface area contributed by atoms with Crippen LogP contribution in [0, 0.1) is 0 Å². The second-order valence-electron chi connectivity index (χ2n) is 4.01. The van der Waals surface area contributed by atoms with Gasteiger partial charge in [-0.05, 0) is 5.56 Å². The first-order valence-corrected chi connectivity index (χ1v) is 5.67. The van der Waals surface area contributed by atoms with E-state index in [2.05, 4.69) is 10.4 Å². The number of benzene rings is 1. The number of carbonyl (C=O) groups is 2. The van der Waals surface area contributed by atoms with Crippen LogP contribution in [0.2, 0.25) is 0 Å². The SMILES string of the molecule is Cn1nc(C(=O)NCc2ccccc2)cc1C(=O)O. The van der Waals surface area contributed by atoms with Gasteiger partial charge in [0.15, 0.2) is 5.69 Å². The molecule has 1 heterocycles. The van der Waals surface area contributed by atoms with Gasteiger partial charge < -0.3 is 10.4 Å². The first-order valence-electron chi connectivity index (χ1n) is 5.67. The highest BCUT2D eigenvalue weighted by Crippen LogP contribution is 2.04. The Kier molecular flexibility index (Phi) is 3.61. The van der Waals surface area contributed by atoms with Gasteiger partial charge in [-0.15, -0.1) is 0 Å². The molecule has 98 valence electrons. The van der Waals surface area contributed by atoms with E-state index < -0.39 is 11.9 Å². The zero-order valence-electron chi connectivity index (χ0n) is 10.3. The molecule has 0 aliphatic carbocycles. The third-order valence-electron chi connectivity index (χ3n) is 2.63. The topological polar surface area (TPSA) is 84.2 Å². The third kappa shape index (κ3) is 2.98. The molecule has 6 heteroatoms. The lowest BCUT2D eigenvalue weighted by Crippen LogP contribution is -2.23. The van der Waals surface area contributed by atoms with Crippen molar-refractivity contribution in [3.05, 3.63) is 53.3 Å². The Hall–Kier alpha value is -2.63. The molecule has 0 aliphatic rings. The Labute approximate surface area is 109 Å². The molecule has 0 spiro atoms. The highest BCUT2D eigenvalue weighted by Gasteiger charge is 2.16. The number of carbonyl (C=O) groups excluding carboxylic acids is 1. The van der Waals surface area contributed by atoms with Crippen LogP contribution in [0.25, 0.3) is 0 Å². The van der Waals surface area contributed by atoms with Crippen molar-refractivity contribution in [2.75, 3.05) is 0 Å². The van der Waals surface area contributed by atoms with Crippen molar-refractivity contribution in [1.29, 1.82) is 0 Å². The molecule has 0 aliphatic heterocycles. The molecule has 19 heavy (non-hydrogen) atoms. The van der Waals surface area contributed by atoms with Crippen LogP contribution in [-0.2, 0) is 13.6 Å². The monoisotopic (exact) mass is 259 g/mol. The van der Waals surface area contributed by atoms with E-state index in [-0.39, 0.29) is 11.4 Å². The summed E-state index contributed by atoms with van der Waals surface area (Å²) in [5, 5.41) is 15.4. The van der Waals surface area contributed by atoms with Gasteiger partial charge in [0.05, 0.1) is 0 Å². The Bertz CT molecular complexity index is 605. The fourth-order valence-electron chi connectivity index (χ4n) is 1.65. The van der Waals surface area contributed by atoms with Gasteiger partial charge in [-0.2, -0.15) is 5.10 Å². The number of aromatic nitrogens is 2. The number of aromatic carboxylic acids is 1. The lowest BCUT2D eigenvalue weighted by Gasteiger charge is -2.02. The fourth-order valence-corrected chi connectivity index (χ4v) is 1.65. The zero-order chi connectivity index (χ0) is 13.8. The number of amides is 1. The van der Waals surface area contributed by atoms with Gasteiger partial charge in [0, 0.05) is 19.7 Å². The van der Waals surface area contributed by atoms with Crippen LogP contribution >= 0.6 is 0 Å². The average molecular weight is 259 g/mol. The first-order chi connectivity index (χ1) is 9.08. The number of carboxylic acids is 1. The van der Waals surface area contributed by atoms with Crippen molar-refractivity contribution in [2.24, 2.45) is 7.05 Å². The standard InChI is InChI=1S/C13H13N3O3/c1-16-11(13(18)19)7-10(15-16)12(17)14-8-9-5-3-2-4-6-9/h2-7H,8H2,1H3,(H,14,17)(H,18,19). The minimum Gasteiger partial charge on any atom is -0.477 e. The molecule has 0 bridgehead atoms. The Morgan fingerprint density at radius 1 is 1.32 bits per heavy atom. The molecule has 0 unspecified atom stereocenters. The molecule has 1 amide bonds. The highest BCUT2D eigenvalue weighted by atomic mass is 16.4. The minimum atomic E-state index is -1.11. The van der Waals surface area contributed by atoms with Crippen molar-refractivity contribution in [2.45, 2.75) is 6.54 Å². The predicted molar refractivity (Wildman–Crippen MR) is 67.8 cm³/mol. The number of hydrogen-bond donors (Lipinski definition) is 2. The molecule has 2 rings (SSSR count). The fraction of sp³-hybridized carbons (Fsp3) is 0.154. The van der Waals surface area contributed by atoms with Crippen LogP contribution in [0.5, 0.6) is 0 Å². The molecule has 1 aromatic heterocycles. The maximum Gasteiger partial charge on any atom is 0.354 e. The molecule has 0 saturated carbocycles. The summed E-state index contributed by atoms with van der Waals surface area (Å²) in [7, 11) is 1.48. The molecule has 0 atom stereocenters. The summed E-state index contributed by atoms with van der Waals surface area (Å²) >= 11 is 0. The van der Waals surface area contributed by atoms with E-state index in [1.807, 2.05) is 30.3 Å². The molecule has 2 aromatic rings. The van der Waals surface area contributed by atoms with Gasteiger partial charge in [0.2, 0.25) is 0 Å². The van der Waals surface area contributed by atoms with Gasteiger partial charge >= 0.3 is 5.97 Å². The van der Waals surface area contributed by atoms with E-state index >= 15 is 0 Å². The molecule has 1 aromatic carbocycles. The van der Waals surface area contributed by atoms with E-state index in [9.17, 15) is 9.59 Å². The van der Waals surface area contributed by atoms with Crippen LogP contribution in [0.4, 0.5) is 0 Å². The van der Waals surface area contributed by atoms with E-state index in [1.165, 1.54) is 17.8 Å². The molecular formula is C13H13N3O3. The Morgan fingerprint density at radius 2 is 2.00 bits per heavy atom. The zero-order valence-corrected chi connectivity index (χ0v) is 10.3. The second-order valence-corrected chi connectivity index (χ2v) is 4.01. The van der Waals surface area contributed by atoms with Crippen LogP contribution in [0.3, 0.4) is 0 Å². The second kappa shape index (κ2) is 5.34. The van der Waals surface area contributed by atoms with Gasteiger partial charge in [-0.25, -0.2) is 4.79 Å². The van der Waals surface area contributed by atoms with Crippen molar-refractivity contribution >= 4 is 11.9 Å². The lowest BCUT2D eigenvalue weighted by atomic mass is 10.2. The molecule has 0 radical (unpaired) electrons. The number of nitrogens with zero attached hydrogens (tertiary/aromatic N) is 2. The molecule has 0 saturated heterocycles. The predicted octanol–water partition coefficient (Wildman–Crippen LogP) is 1.05. The summed E-state index contributed by atoms with van der Waals surface area (Å²) in [4.78, 5) is 22.7. The summed E-state index contributed by atoms with van der Waals surface area (Å²) in [6.07, 6.45) is 0.